The molecule has 0 aromatic carbocycles. The fourth-order valence-corrected chi connectivity index (χ4v) is 6.16. The summed E-state index contributed by atoms with van der Waals surface area (Å²) in [5, 5.41) is 113. The van der Waals surface area contributed by atoms with E-state index >= 15 is 0 Å². The Morgan fingerprint density at radius 2 is 0.821 bits per heavy atom. The quantitative estimate of drug-likeness (QED) is 0.0643. The highest BCUT2D eigenvalue weighted by molar-refractivity contribution is 5.76. The van der Waals surface area contributed by atoms with Gasteiger partial charge in [0.05, 0.1) is 7.11 Å². The summed E-state index contributed by atoms with van der Waals surface area (Å²) in [6.45, 7) is 1.59. The molecule has 4 fully saturated rings. The maximum absolute atomic E-state index is 13.1. The van der Waals surface area contributed by atoms with Crippen molar-refractivity contribution in [3.8, 4) is 0 Å². The number of carboxylic acid groups (broad SMARTS) is 3. The van der Waals surface area contributed by atoms with Crippen molar-refractivity contribution in [2.24, 2.45) is 0 Å². The Hall–Kier alpha value is -3.78. The maximum Gasteiger partial charge on any atom is 0.338 e. The first kappa shape index (κ1) is 44.9. The van der Waals surface area contributed by atoms with Crippen molar-refractivity contribution >= 4 is 35.8 Å². The number of carboxylic acids is 3. The zero-order valence-electron chi connectivity index (χ0n) is 29.0. The molecule has 0 saturated carbocycles. The minimum absolute atomic E-state index is 0.788. The molecule has 0 aromatic heterocycles. The van der Waals surface area contributed by atoms with Crippen molar-refractivity contribution in [3.05, 3.63) is 0 Å². The van der Waals surface area contributed by atoms with Crippen molar-refractivity contribution in [3.63, 3.8) is 0 Å². The molecule has 0 bridgehead atoms. The predicted molar refractivity (Wildman–Crippen MR) is 160 cm³/mol. The van der Waals surface area contributed by atoms with Gasteiger partial charge < -0.3 is 104 Å². The molecule has 56 heavy (non-hydrogen) atoms. The number of carbonyl (C=O) groups is 6. The molecular formula is C29H40O27. The normalized spacial score (nSPS) is 44.2. The first-order valence-electron chi connectivity index (χ1n) is 16.2. The van der Waals surface area contributed by atoms with Crippen LogP contribution in [0.2, 0.25) is 0 Å². The zero-order valence-corrected chi connectivity index (χ0v) is 29.0. The van der Waals surface area contributed by atoms with Crippen molar-refractivity contribution in [1.82, 2.24) is 0 Å². The average Bonchev–Trinajstić information content (AvgIpc) is 3.12. The van der Waals surface area contributed by atoms with Crippen LogP contribution in [-0.4, -0.2) is 222 Å². The second-order valence-corrected chi connectivity index (χ2v) is 12.6. The van der Waals surface area contributed by atoms with Gasteiger partial charge in [-0.2, -0.15) is 0 Å². The number of carbonyl (C=O) groups excluding carboxylic acids is 3. The minimum atomic E-state index is -2.45. The Morgan fingerprint density at radius 1 is 0.429 bits per heavy atom. The van der Waals surface area contributed by atoms with E-state index in [1.54, 1.807) is 0 Å². The van der Waals surface area contributed by atoms with Gasteiger partial charge in [0.25, 0.3) is 0 Å². The third-order valence-corrected chi connectivity index (χ3v) is 8.81. The van der Waals surface area contributed by atoms with Crippen LogP contribution in [-0.2, 0) is 76.1 Å². The SMILES string of the molecule is COC(=O)C1OC(OC2C(C(=O)O)OC(O)C(O)C2O)C(O)C(OC(C)=O)C1OC1OC(C(=O)O)C(OC2OC(C(=O)O)C(O)C(O)C2O)C(OC(C)=O)C1O. The highest BCUT2D eigenvalue weighted by Gasteiger charge is 2.60. The highest BCUT2D eigenvalue weighted by Crippen LogP contribution is 2.36. The van der Waals surface area contributed by atoms with Crippen molar-refractivity contribution in [1.29, 1.82) is 0 Å². The molecule has 0 radical (unpaired) electrons. The number of rotatable bonds is 12. The van der Waals surface area contributed by atoms with E-state index < -0.39 is 159 Å². The van der Waals surface area contributed by atoms with Crippen molar-refractivity contribution in [2.45, 2.75) is 137 Å². The number of methoxy groups -OCH3 is 1. The Kier molecular flexibility index (Phi) is 14.6. The molecule has 4 aliphatic rings. The highest BCUT2D eigenvalue weighted by atomic mass is 16.8. The molecule has 0 aliphatic carbocycles. The molecule has 11 N–H and O–H groups in total. The van der Waals surface area contributed by atoms with Gasteiger partial charge >= 0.3 is 35.8 Å². The molecule has 0 aromatic rings. The minimum Gasteiger partial charge on any atom is -0.479 e. The van der Waals surface area contributed by atoms with Crippen LogP contribution in [0.4, 0.5) is 0 Å². The molecular weight excluding hydrogens is 780 g/mol. The van der Waals surface area contributed by atoms with Gasteiger partial charge in [-0.25, -0.2) is 19.2 Å². The lowest BCUT2D eigenvalue weighted by molar-refractivity contribution is -0.378. The Labute approximate surface area is 312 Å². The van der Waals surface area contributed by atoms with E-state index in [1.165, 1.54) is 0 Å². The number of ether oxygens (including phenoxy) is 10. The predicted octanol–water partition coefficient (Wildman–Crippen LogP) is -8.15. The van der Waals surface area contributed by atoms with Crippen LogP contribution in [0.5, 0.6) is 0 Å². The number of aliphatic carboxylic acids is 3. The number of hydrogen-bond donors (Lipinski definition) is 11. The Morgan fingerprint density at radius 3 is 1.27 bits per heavy atom. The molecule has 20 atom stereocenters. The standard InChI is InChI=1S/C29H40O27/c1-4(30)48-14-11(37)29(55-20(24(43)44)17(14)53-27-10(36)6(32)7(33)16(52-27)22(39)40)54-18-15(49-5(2)31)12(38)28(56-21(18)26(46)47-3)51-13-8(34)9(35)25(45)50-19(13)23(41)42/h6-21,25,27-29,32-38,45H,1-3H3,(H,39,40)(H,41,42)(H,43,44). The summed E-state index contributed by atoms with van der Waals surface area (Å²) in [7, 11) is 0.805. The summed E-state index contributed by atoms with van der Waals surface area (Å²) in [5.74, 6) is -9.53. The number of aliphatic hydroxyl groups is 8. The van der Waals surface area contributed by atoms with Crippen LogP contribution in [0.1, 0.15) is 13.8 Å². The summed E-state index contributed by atoms with van der Waals surface area (Å²) in [6.07, 6.45) is -45.4. The summed E-state index contributed by atoms with van der Waals surface area (Å²) in [5.41, 5.74) is 0. The second-order valence-electron chi connectivity index (χ2n) is 12.6. The van der Waals surface area contributed by atoms with Crippen LogP contribution < -0.4 is 0 Å². The van der Waals surface area contributed by atoms with Gasteiger partial charge in [-0.15, -0.1) is 0 Å². The third-order valence-electron chi connectivity index (χ3n) is 8.81. The fourth-order valence-electron chi connectivity index (χ4n) is 6.16. The molecule has 4 rings (SSSR count). The van der Waals surface area contributed by atoms with E-state index in [0.717, 1.165) is 21.0 Å². The number of esters is 3. The zero-order chi connectivity index (χ0) is 42.1. The lowest BCUT2D eigenvalue weighted by Crippen LogP contribution is -2.69. The molecule has 0 spiro atoms. The van der Waals surface area contributed by atoms with Crippen molar-refractivity contribution in [2.75, 3.05) is 7.11 Å². The topological polar surface area (TPSA) is 417 Å². The molecule has 4 aliphatic heterocycles. The summed E-state index contributed by atoms with van der Waals surface area (Å²) in [4.78, 5) is 73.4. The summed E-state index contributed by atoms with van der Waals surface area (Å²) >= 11 is 0. The summed E-state index contributed by atoms with van der Waals surface area (Å²) < 4.78 is 52.0. The largest absolute Gasteiger partial charge is 0.479 e. The third kappa shape index (κ3) is 9.33. The summed E-state index contributed by atoms with van der Waals surface area (Å²) in [6, 6.07) is 0. The Bertz CT molecular complexity index is 1460. The number of hydrogen-bond acceptors (Lipinski definition) is 24. The Balaban J connectivity index is 1.68. The van der Waals surface area contributed by atoms with E-state index in [2.05, 4.69) is 0 Å². The first-order valence-corrected chi connectivity index (χ1v) is 16.2. The molecule has 0 amide bonds. The molecule has 20 unspecified atom stereocenters. The van der Waals surface area contributed by atoms with Gasteiger partial charge in [0.2, 0.25) is 0 Å². The van der Waals surface area contributed by atoms with Gasteiger partial charge in [0, 0.05) is 13.8 Å². The molecule has 318 valence electrons. The van der Waals surface area contributed by atoms with Gasteiger partial charge in [0.15, 0.2) is 61.8 Å². The second kappa shape index (κ2) is 18.2. The molecule has 27 nitrogen and oxygen atoms in total. The molecule has 4 saturated heterocycles. The lowest BCUT2D eigenvalue weighted by atomic mass is 9.95. The smallest absolute Gasteiger partial charge is 0.338 e. The van der Waals surface area contributed by atoms with Crippen LogP contribution in [0, 0.1) is 0 Å². The van der Waals surface area contributed by atoms with Gasteiger partial charge in [-0.05, 0) is 0 Å². The first-order chi connectivity index (χ1) is 26.1. The number of aliphatic hydroxyl groups excluding tert-OH is 8. The van der Waals surface area contributed by atoms with E-state index in [4.69, 9.17) is 47.4 Å². The monoisotopic (exact) mass is 820 g/mol. The van der Waals surface area contributed by atoms with Crippen LogP contribution in [0.3, 0.4) is 0 Å². The molecule has 27 heteroatoms. The van der Waals surface area contributed by atoms with Gasteiger partial charge in [-0.1, -0.05) is 0 Å². The maximum atomic E-state index is 13.1. The van der Waals surface area contributed by atoms with Gasteiger partial charge in [-0.3, -0.25) is 9.59 Å². The van der Waals surface area contributed by atoms with E-state index in [1.807, 2.05) is 0 Å². The van der Waals surface area contributed by atoms with Crippen LogP contribution >= 0.6 is 0 Å². The van der Waals surface area contributed by atoms with Gasteiger partial charge in [0.1, 0.15) is 61.0 Å². The van der Waals surface area contributed by atoms with E-state index in [-0.39, 0.29) is 0 Å². The lowest BCUT2D eigenvalue weighted by Gasteiger charge is -2.48. The van der Waals surface area contributed by atoms with E-state index in [0.29, 0.717) is 0 Å². The average molecular weight is 821 g/mol. The van der Waals surface area contributed by atoms with Crippen LogP contribution in [0.25, 0.3) is 0 Å². The van der Waals surface area contributed by atoms with E-state index in [9.17, 15) is 84.9 Å². The van der Waals surface area contributed by atoms with Crippen molar-refractivity contribution < 1.29 is 132 Å². The van der Waals surface area contributed by atoms with Crippen LogP contribution in [0.15, 0.2) is 0 Å². The fraction of sp³-hybridized carbons (Fsp3) is 0.793. The molecule has 4 heterocycles.